The first kappa shape index (κ1) is 17.6. The number of aliphatic hydroxyl groups is 3. The first-order valence-corrected chi connectivity index (χ1v) is 7.42. The van der Waals surface area contributed by atoms with Gasteiger partial charge in [0.1, 0.15) is 17.8 Å². The van der Waals surface area contributed by atoms with Crippen molar-refractivity contribution in [2.24, 2.45) is 0 Å². The quantitative estimate of drug-likeness (QED) is 0.477. The van der Waals surface area contributed by atoms with Gasteiger partial charge in [0, 0.05) is 5.56 Å². The van der Waals surface area contributed by atoms with Crippen LogP contribution in [0.5, 0.6) is 0 Å². The fourth-order valence-corrected chi connectivity index (χ4v) is 2.71. The van der Waals surface area contributed by atoms with Crippen molar-refractivity contribution in [1.82, 2.24) is 15.0 Å². The van der Waals surface area contributed by atoms with Crippen LogP contribution in [0, 0.1) is 17.5 Å². The minimum Gasteiger partial charge on any atom is -0.506 e. The summed E-state index contributed by atoms with van der Waals surface area (Å²) in [6.07, 6.45) is -1.27. The summed E-state index contributed by atoms with van der Waals surface area (Å²) in [4.78, 5) is 0. The molecule has 0 saturated carbocycles. The first-order chi connectivity index (χ1) is 11.8. The van der Waals surface area contributed by atoms with Crippen LogP contribution in [-0.4, -0.2) is 49.1 Å². The molecular formula is C14H12F3N3O4S. The number of thiol groups is 1. The lowest BCUT2D eigenvalue weighted by Crippen LogP contribution is -2.43. The van der Waals surface area contributed by atoms with Gasteiger partial charge < -0.3 is 20.1 Å². The van der Waals surface area contributed by atoms with Crippen molar-refractivity contribution in [3.05, 3.63) is 46.6 Å². The third-order valence-electron chi connectivity index (χ3n) is 3.72. The fourth-order valence-electron chi connectivity index (χ4n) is 2.44. The first-order valence-electron chi connectivity index (χ1n) is 6.98. The molecule has 7 nitrogen and oxygen atoms in total. The van der Waals surface area contributed by atoms with Gasteiger partial charge in [0.25, 0.3) is 0 Å². The van der Waals surface area contributed by atoms with Gasteiger partial charge in [-0.2, -0.15) is 0 Å². The Bertz CT molecular complexity index is 821. The second-order valence-corrected chi connectivity index (χ2v) is 5.71. The van der Waals surface area contributed by atoms with Crippen molar-refractivity contribution in [3.8, 4) is 11.3 Å². The molecule has 1 aromatic heterocycles. The monoisotopic (exact) mass is 375 g/mol. The topological polar surface area (TPSA) is 101 Å². The summed E-state index contributed by atoms with van der Waals surface area (Å²) < 4.78 is 45.8. The zero-order valence-electron chi connectivity index (χ0n) is 12.3. The number of ether oxygens (including phenoxy) is 1. The summed E-state index contributed by atoms with van der Waals surface area (Å²) in [6.45, 7) is -0.551. The number of hydrogen-bond donors (Lipinski definition) is 4. The molecule has 1 aliphatic rings. The van der Waals surface area contributed by atoms with Crippen LogP contribution in [0.3, 0.4) is 0 Å². The summed E-state index contributed by atoms with van der Waals surface area (Å²) >= 11 is 3.92. The predicted octanol–water partition coefficient (Wildman–Crippen LogP) is 1.31. The Morgan fingerprint density at radius 1 is 1.24 bits per heavy atom. The zero-order chi connectivity index (χ0) is 18.3. The lowest BCUT2D eigenvalue weighted by molar-refractivity contribution is -0.0733. The molecule has 2 unspecified atom stereocenters. The normalized spacial score (nSPS) is 23.7. The summed E-state index contributed by atoms with van der Waals surface area (Å²) in [7, 11) is 0. The summed E-state index contributed by atoms with van der Waals surface area (Å²) in [6, 6.07) is 0.294. The summed E-state index contributed by atoms with van der Waals surface area (Å²) in [5.41, 5.74) is -0.108. The highest BCUT2D eigenvalue weighted by atomic mass is 32.1. The number of rotatable bonds is 3. The van der Waals surface area contributed by atoms with E-state index in [0.717, 1.165) is 16.8 Å². The van der Waals surface area contributed by atoms with E-state index in [4.69, 9.17) is 4.74 Å². The van der Waals surface area contributed by atoms with Crippen molar-refractivity contribution in [1.29, 1.82) is 0 Å². The highest BCUT2D eigenvalue weighted by Crippen LogP contribution is 2.34. The van der Waals surface area contributed by atoms with Crippen LogP contribution in [0.25, 0.3) is 11.3 Å². The number of halogens is 3. The molecule has 25 heavy (non-hydrogen) atoms. The molecule has 3 atom stereocenters. The Balaban J connectivity index is 2.00. The highest BCUT2D eigenvalue weighted by Gasteiger charge is 2.40. The zero-order valence-corrected chi connectivity index (χ0v) is 13.2. The van der Waals surface area contributed by atoms with E-state index in [2.05, 4.69) is 22.9 Å². The molecular weight excluding hydrogens is 363 g/mol. The van der Waals surface area contributed by atoms with Crippen molar-refractivity contribution in [2.45, 2.75) is 18.2 Å². The van der Waals surface area contributed by atoms with Crippen LogP contribution in [0.15, 0.2) is 29.2 Å². The minimum atomic E-state index is -1.61. The average molecular weight is 375 g/mol. The van der Waals surface area contributed by atoms with Crippen LogP contribution in [0.4, 0.5) is 13.2 Å². The maximum Gasteiger partial charge on any atom is 0.194 e. The Kier molecular flexibility index (Phi) is 4.62. The summed E-state index contributed by atoms with van der Waals surface area (Å²) in [5, 5.41) is 36.7. The standard InChI is InChI=1S/C14H12F3N3O4S/c15-6-1-5(2-7(16)10(6)17)8-3-20(19-18-8)11-12(22)9(4-21)24-14(25)13(11)23/h1-3,9,11-12,21-23,25H,4H2/t9?,11?,12-/m0/s1. The van der Waals surface area contributed by atoms with E-state index in [1.807, 2.05) is 0 Å². The SMILES string of the molecule is OCC1OC(S)=C(O)C(n2cc(-c3cc(F)c(F)c(F)c3)nn2)[C@H]1O. The van der Waals surface area contributed by atoms with Crippen LogP contribution in [0.1, 0.15) is 6.04 Å². The van der Waals surface area contributed by atoms with Gasteiger partial charge in [-0.05, 0) is 12.1 Å². The molecule has 0 spiro atoms. The maximum atomic E-state index is 13.3. The van der Waals surface area contributed by atoms with E-state index in [9.17, 15) is 28.5 Å². The second kappa shape index (κ2) is 6.58. The van der Waals surface area contributed by atoms with Crippen LogP contribution >= 0.6 is 12.6 Å². The number of nitrogens with zero attached hydrogens (tertiary/aromatic N) is 3. The molecule has 0 radical (unpaired) electrons. The van der Waals surface area contributed by atoms with E-state index in [1.165, 1.54) is 6.20 Å². The Labute approximate surface area is 144 Å². The van der Waals surface area contributed by atoms with E-state index in [0.29, 0.717) is 0 Å². The van der Waals surface area contributed by atoms with E-state index >= 15 is 0 Å². The predicted molar refractivity (Wildman–Crippen MR) is 81.0 cm³/mol. The summed E-state index contributed by atoms with van der Waals surface area (Å²) in [5.74, 6) is -4.86. The van der Waals surface area contributed by atoms with Crippen LogP contribution in [0.2, 0.25) is 0 Å². The molecule has 2 aromatic rings. The van der Waals surface area contributed by atoms with Gasteiger partial charge in [-0.3, -0.25) is 0 Å². The molecule has 11 heteroatoms. The molecule has 2 heterocycles. The third kappa shape index (κ3) is 3.05. The van der Waals surface area contributed by atoms with Gasteiger partial charge in [-0.15, -0.1) is 17.7 Å². The molecule has 0 aliphatic carbocycles. The van der Waals surface area contributed by atoms with Crippen molar-refractivity contribution in [2.75, 3.05) is 6.61 Å². The van der Waals surface area contributed by atoms with Crippen molar-refractivity contribution >= 4 is 12.6 Å². The molecule has 1 aliphatic heterocycles. The van der Waals surface area contributed by atoms with Gasteiger partial charge in [-0.1, -0.05) is 5.21 Å². The maximum absolute atomic E-state index is 13.3. The van der Waals surface area contributed by atoms with E-state index in [1.54, 1.807) is 0 Å². The van der Waals surface area contributed by atoms with E-state index < -0.39 is 48.1 Å². The van der Waals surface area contributed by atoms with Crippen molar-refractivity contribution in [3.63, 3.8) is 0 Å². The lowest BCUT2D eigenvalue weighted by atomic mass is 10.0. The number of benzene rings is 1. The number of aromatic nitrogens is 3. The largest absolute Gasteiger partial charge is 0.506 e. The number of aliphatic hydroxyl groups excluding tert-OH is 3. The average Bonchev–Trinajstić information content (AvgIpc) is 3.05. The molecule has 1 aromatic carbocycles. The van der Waals surface area contributed by atoms with Gasteiger partial charge >= 0.3 is 0 Å². The third-order valence-corrected chi connectivity index (χ3v) is 4.06. The van der Waals surface area contributed by atoms with Gasteiger partial charge in [0.05, 0.1) is 12.8 Å². The van der Waals surface area contributed by atoms with Crippen molar-refractivity contribution < 1.29 is 33.2 Å². The Hall–Kier alpha value is -2.24. The second-order valence-electron chi connectivity index (χ2n) is 5.30. The fraction of sp³-hybridized carbons (Fsp3) is 0.286. The smallest absolute Gasteiger partial charge is 0.194 e. The molecule has 3 rings (SSSR count). The molecule has 0 saturated heterocycles. The van der Waals surface area contributed by atoms with Crippen LogP contribution in [-0.2, 0) is 4.74 Å². The Morgan fingerprint density at radius 3 is 2.48 bits per heavy atom. The van der Waals surface area contributed by atoms with Gasteiger partial charge in [0.15, 0.2) is 34.4 Å². The van der Waals surface area contributed by atoms with E-state index in [-0.39, 0.29) is 16.3 Å². The number of hydrogen-bond acceptors (Lipinski definition) is 7. The van der Waals surface area contributed by atoms with Gasteiger partial charge in [-0.25, -0.2) is 17.9 Å². The molecule has 134 valence electrons. The molecule has 0 amide bonds. The Morgan fingerprint density at radius 2 is 1.88 bits per heavy atom. The van der Waals surface area contributed by atoms with Gasteiger partial charge in [0.2, 0.25) is 0 Å². The highest BCUT2D eigenvalue weighted by molar-refractivity contribution is 7.84. The molecule has 0 fully saturated rings. The van der Waals surface area contributed by atoms with Crippen LogP contribution < -0.4 is 0 Å². The minimum absolute atomic E-state index is 0.0226. The lowest BCUT2D eigenvalue weighted by Gasteiger charge is -2.33. The molecule has 3 N–H and O–H groups in total. The molecule has 0 bridgehead atoms.